The van der Waals surface area contributed by atoms with Crippen molar-refractivity contribution in [3.05, 3.63) is 12.2 Å². The second kappa shape index (κ2) is 5.50. The molecule has 2 fully saturated rings. The van der Waals surface area contributed by atoms with Crippen LogP contribution in [-0.2, 0) is 24.2 Å². The highest BCUT2D eigenvalue weighted by molar-refractivity contribution is 7.93. The average Bonchev–Trinajstić information content (AvgIpc) is 2.50. The van der Waals surface area contributed by atoms with Crippen molar-refractivity contribution in [2.45, 2.75) is 49.0 Å². The number of β-lactam (4-membered cyclic amide) rings is 1. The van der Waals surface area contributed by atoms with Gasteiger partial charge in [-0.05, 0) is 20.3 Å². The third-order valence-corrected chi connectivity index (χ3v) is 6.83. The number of fused-ring (bicyclic) bond motifs is 1. The molecule has 130 valence electrons. The lowest BCUT2D eigenvalue weighted by molar-refractivity contribution is -0.161. The highest BCUT2D eigenvalue weighted by Gasteiger charge is 2.68. The molecular formula is C13H16F3NO5S. The van der Waals surface area contributed by atoms with Gasteiger partial charge in [-0.25, -0.2) is 13.2 Å². The number of carbonyl (C=O) groups excluding carboxylic acids is 2. The fourth-order valence-electron chi connectivity index (χ4n) is 2.73. The Morgan fingerprint density at radius 3 is 2.57 bits per heavy atom. The van der Waals surface area contributed by atoms with E-state index in [1.165, 1.54) is 13.8 Å². The fraction of sp³-hybridized carbons (Fsp3) is 0.692. The molecule has 0 unspecified atom stereocenters. The Balaban J connectivity index is 2.02. The predicted molar refractivity (Wildman–Crippen MR) is 72.8 cm³/mol. The number of allylic oxidation sites excluding steroid dienone is 1. The maximum atomic E-state index is 12.3. The molecule has 2 aliphatic heterocycles. The molecule has 0 spiro atoms. The molecule has 2 heterocycles. The molecule has 2 atom stereocenters. The Labute approximate surface area is 131 Å². The molecule has 0 aromatic rings. The summed E-state index contributed by atoms with van der Waals surface area (Å²) in [4.78, 5) is 24.7. The summed E-state index contributed by atoms with van der Waals surface area (Å²) in [7, 11) is -3.71. The van der Waals surface area contributed by atoms with Crippen molar-refractivity contribution in [1.29, 1.82) is 0 Å². The van der Waals surface area contributed by atoms with Crippen LogP contribution in [0, 0.1) is 0 Å². The van der Waals surface area contributed by atoms with Gasteiger partial charge >= 0.3 is 12.1 Å². The van der Waals surface area contributed by atoms with E-state index in [2.05, 4.69) is 0 Å². The molecule has 2 saturated heterocycles. The number of rotatable bonds is 4. The van der Waals surface area contributed by atoms with Gasteiger partial charge in [0.15, 0.2) is 9.84 Å². The van der Waals surface area contributed by atoms with Crippen LogP contribution in [0.15, 0.2) is 12.2 Å². The first-order valence-corrected chi connectivity index (χ1v) is 8.40. The van der Waals surface area contributed by atoms with Gasteiger partial charge in [0.05, 0.1) is 17.8 Å². The number of esters is 1. The van der Waals surface area contributed by atoms with Crippen molar-refractivity contribution < 1.29 is 35.9 Å². The highest BCUT2D eigenvalue weighted by Crippen LogP contribution is 2.45. The first kappa shape index (κ1) is 17.8. The van der Waals surface area contributed by atoms with Crippen LogP contribution in [0.4, 0.5) is 13.2 Å². The van der Waals surface area contributed by atoms with Gasteiger partial charge in [-0.15, -0.1) is 0 Å². The topological polar surface area (TPSA) is 80.8 Å². The Hall–Kier alpha value is -1.58. The van der Waals surface area contributed by atoms with Crippen LogP contribution in [0.2, 0.25) is 0 Å². The molecule has 6 nitrogen and oxygen atoms in total. The Bertz CT molecular complexity index is 653. The first-order valence-electron chi connectivity index (χ1n) is 6.85. The molecule has 10 heteroatoms. The van der Waals surface area contributed by atoms with E-state index in [9.17, 15) is 31.2 Å². The van der Waals surface area contributed by atoms with Gasteiger partial charge in [-0.1, -0.05) is 6.08 Å². The van der Waals surface area contributed by atoms with Gasteiger partial charge in [-0.2, -0.15) is 13.2 Å². The SMILES string of the molecule is CC1(C)[C@H](C(=O)OCC/C=C\C(F)(F)F)N2C(=O)C[C@H]2S1(=O)=O. The number of carbonyl (C=O) groups is 2. The van der Waals surface area contributed by atoms with Crippen LogP contribution in [0.3, 0.4) is 0 Å². The quantitative estimate of drug-likeness (QED) is 0.327. The number of hydrogen-bond acceptors (Lipinski definition) is 5. The van der Waals surface area contributed by atoms with Gasteiger partial charge in [0.25, 0.3) is 0 Å². The van der Waals surface area contributed by atoms with Crippen LogP contribution in [0.5, 0.6) is 0 Å². The largest absolute Gasteiger partial charge is 0.464 e. The lowest BCUT2D eigenvalue weighted by atomic mass is 9.98. The number of amides is 1. The second-order valence-corrected chi connectivity index (χ2v) is 8.60. The van der Waals surface area contributed by atoms with Crippen LogP contribution in [0.1, 0.15) is 26.7 Å². The Morgan fingerprint density at radius 2 is 2.04 bits per heavy atom. The fourth-order valence-corrected chi connectivity index (χ4v) is 4.86. The summed E-state index contributed by atoms with van der Waals surface area (Å²) < 4.78 is 63.7. The van der Waals surface area contributed by atoms with Crippen LogP contribution >= 0.6 is 0 Å². The number of sulfone groups is 1. The Kier molecular flexibility index (Phi) is 4.25. The van der Waals surface area contributed by atoms with Crippen molar-refractivity contribution in [3.63, 3.8) is 0 Å². The van der Waals surface area contributed by atoms with Gasteiger partial charge in [0, 0.05) is 6.08 Å². The number of hydrogen-bond donors (Lipinski definition) is 0. The van der Waals surface area contributed by atoms with Crippen LogP contribution < -0.4 is 0 Å². The minimum atomic E-state index is -4.44. The summed E-state index contributed by atoms with van der Waals surface area (Å²) >= 11 is 0. The minimum absolute atomic E-state index is 0.0276. The average molecular weight is 355 g/mol. The van der Waals surface area contributed by atoms with Crippen molar-refractivity contribution in [2.24, 2.45) is 0 Å². The first-order chi connectivity index (χ1) is 10.4. The van der Waals surface area contributed by atoms with Gasteiger partial charge < -0.3 is 9.64 Å². The Morgan fingerprint density at radius 1 is 1.43 bits per heavy atom. The zero-order valence-corrected chi connectivity index (χ0v) is 13.3. The van der Waals surface area contributed by atoms with E-state index in [1.807, 2.05) is 0 Å². The zero-order valence-electron chi connectivity index (χ0n) is 12.5. The molecule has 23 heavy (non-hydrogen) atoms. The number of ether oxygens (including phenoxy) is 1. The third kappa shape index (κ3) is 2.96. The van der Waals surface area contributed by atoms with E-state index in [0.29, 0.717) is 0 Å². The number of halogens is 3. The monoisotopic (exact) mass is 355 g/mol. The van der Waals surface area contributed by atoms with E-state index in [1.54, 1.807) is 0 Å². The summed E-state index contributed by atoms with van der Waals surface area (Å²) in [5.41, 5.74) is 0. The van der Waals surface area contributed by atoms with Gasteiger partial charge in [-0.3, -0.25) is 4.79 Å². The van der Waals surface area contributed by atoms with Gasteiger partial charge in [0.1, 0.15) is 11.4 Å². The third-order valence-electron chi connectivity index (χ3n) is 4.03. The summed E-state index contributed by atoms with van der Waals surface area (Å²) in [5, 5.41) is -1.02. The van der Waals surface area contributed by atoms with E-state index in [-0.39, 0.29) is 25.5 Å². The molecule has 0 saturated carbocycles. The van der Waals surface area contributed by atoms with Crippen LogP contribution in [-0.4, -0.2) is 54.1 Å². The molecular weight excluding hydrogens is 339 g/mol. The number of alkyl halides is 3. The van der Waals surface area contributed by atoms with Crippen LogP contribution in [0.25, 0.3) is 0 Å². The molecule has 0 N–H and O–H groups in total. The molecule has 0 aliphatic carbocycles. The van der Waals surface area contributed by atoms with E-state index in [4.69, 9.17) is 4.74 Å². The molecule has 0 bridgehead atoms. The van der Waals surface area contributed by atoms with E-state index in [0.717, 1.165) is 11.0 Å². The normalized spacial score (nSPS) is 28.6. The lowest BCUT2D eigenvalue weighted by Gasteiger charge is -2.36. The minimum Gasteiger partial charge on any atom is -0.464 e. The van der Waals surface area contributed by atoms with Crippen molar-refractivity contribution >= 4 is 21.7 Å². The molecule has 0 aromatic heterocycles. The van der Waals surface area contributed by atoms with Gasteiger partial charge in [0.2, 0.25) is 5.91 Å². The second-order valence-electron chi connectivity index (χ2n) is 5.91. The van der Waals surface area contributed by atoms with Crippen molar-refractivity contribution in [2.75, 3.05) is 6.61 Å². The number of nitrogens with zero attached hydrogens (tertiary/aromatic N) is 1. The standard InChI is InChI=1S/C13H16F3NO5S/c1-12(2)10(17-8(18)7-9(17)23(12,20)21)11(19)22-6-4-3-5-13(14,15)16/h3,5,9-10H,4,6-7H2,1-2H3/b5-3-/t9-,10+/m1/s1. The highest BCUT2D eigenvalue weighted by atomic mass is 32.2. The summed E-state index contributed by atoms with van der Waals surface area (Å²) in [5.74, 6) is -1.38. The molecule has 1 amide bonds. The molecule has 0 radical (unpaired) electrons. The molecule has 2 rings (SSSR count). The zero-order chi connectivity index (χ0) is 17.6. The predicted octanol–water partition coefficient (Wildman–Crippen LogP) is 1.17. The smallest absolute Gasteiger partial charge is 0.409 e. The summed E-state index contributed by atoms with van der Waals surface area (Å²) in [6.45, 7) is 2.34. The van der Waals surface area contributed by atoms with E-state index < -0.39 is 44.1 Å². The lowest BCUT2D eigenvalue weighted by Crippen LogP contribution is -2.57. The molecule has 2 aliphatic rings. The molecule has 0 aromatic carbocycles. The maximum absolute atomic E-state index is 12.3. The van der Waals surface area contributed by atoms with Crippen molar-refractivity contribution in [3.8, 4) is 0 Å². The van der Waals surface area contributed by atoms with E-state index >= 15 is 0 Å². The summed E-state index contributed by atoms with van der Waals surface area (Å²) in [6, 6.07) is -1.27. The summed E-state index contributed by atoms with van der Waals surface area (Å²) in [6.07, 6.45) is -3.93. The van der Waals surface area contributed by atoms with Crippen molar-refractivity contribution in [1.82, 2.24) is 4.90 Å². The maximum Gasteiger partial charge on any atom is 0.409 e.